The SMILES string of the molecule is Cc1nc2ccccc2c(=O)n1CC(=O)N1CC[C@H](C)Sc2ccccc21. The van der Waals surface area contributed by atoms with Gasteiger partial charge in [-0.3, -0.25) is 14.2 Å². The molecule has 0 fully saturated rings. The van der Waals surface area contributed by atoms with Crippen molar-refractivity contribution in [2.24, 2.45) is 0 Å². The van der Waals surface area contributed by atoms with Crippen LogP contribution in [0.5, 0.6) is 0 Å². The van der Waals surface area contributed by atoms with Crippen molar-refractivity contribution in [2.45, 2.75) is 37.0 Å². The van der Waals surface area contributed by atoms with Gasteiger partial charge in [0, 0.05) is 16.7 Å². The first-order valence-corrected chi connectivity index (χ1v) is 9.95. The van der Waals surface area contributed by atoms with Gasteiger partial charge in [0.2, 0.25) is 5.91 Å². The van der Waals surface area contributed by atoms with E-state index < -0.39 is 0 Å². The minimum atomic E-state index is -0.169. The number of thioether (sulfide) groups is 1. The zero-order valence-electron chi connectivity index (χ0n) is 15.4. The van der Waals surface area contributed by atoms with Gasteiger partial charge in [0.05, 0.1) is 16.6 Å². The molecular formula is C21H21N3O2S. The minimum Gasteiger partial charge on any atom is -0.310 e. The van der Waals surface area contributed by atoms with Gasteiger partial charge >= 0.3 is 0 Å². The zero-order valence-corrected chi connectivity index (χ0v) is 16.2. The van der Waals surface area contributed by atoms with Crippen molar-refractivity contribution in [2.75, 3.05) is 11.4 Å². The number of rotatable bonds is 2. The summed E-state index contributed by atoms with van der Waals surface area (Å²) in [6.07, 6.45) is 0.912. The van der Waals surface area contributed by atoms with Crippen LogP contribution in [0.4, 0.5) is 5.69 Å². The first kappa shape index (κ1) is 17.8. The average molecular weight is 379 g/mol. The van der Waals surface area contributed by atoms with Crippen molar-refractivity contribution >= 4 is 34.3 Å². The Morgan fingerprint density at radius 2 is 1.93 bits per heavy atom. The van der Waals surface area contributed by atoms with E-state index in [-0.39, 0.29) is 18.0 Å². The van der Waals surface area contributed by atoms with Gasteiger partial charge in [-0.2, -0.15) is 0 Å². The smallest absolute Gasteiger partial charge is 0.261 e. The van der Waals surface area contributed by atoms with Gasteiger partial charge in [0.1, 0.15) is 12.4 Å². The second kappa shape index (κ2) is 7.19. The van der Waals surface area contributed by atoms with Crippen LogP contribution in [0.1, 0.15) is 19.2 Å². The molecule has 2 heterocycles. The fourth-order valence-corrected chi connectivity index (χ4v) is 4.54. The summed E-state index contributed by atoms with van der Waals surface area (Å²) in [7, 11) is 0. The quantitative estimate of drug-likeness (QED) is 0.682. The Kier molecular flexibility index (Phi) is 4.74. The lowest BCUT2D eigenvalue weighted by Crippen LogP contribution is -2.38. The maximum Gasteiger partial charge on any atom is 0.261 e. The summed E-state index contributed by atoms with van der Waals surface area (Å²) >= 11 is 1.79. The van der Waals surface area contributed by atoms with E-state index >= 15 is 0 Å². The molecule has 2 aromatic carbocycles. The van der Waals surface area contributed by atoms with Gasteiger partial charge in [-0.1, -0.05) is 31.2 Å². The first-order valence-electron chi connectivity index (χ1n) is 9.07. The van der Waals surface area contributed by atoms with E-state index in [1.807, 2.05) is 41.3 Å². The summed E-state index contributed by atoms with van der Waals surface area (Å²) < 4.78 is 1.48. The minimum absolute atomic E-state index is 0.00408. The number of para-hydroxylation sites is 2. The van der Waals surface area contributed by atoms with Crippen molar-refractivity contribution in [3.8, 4) is 0 Å². The average Bonchev–Trinajstić information content (AvgIpc) is 2.83. The van der Waals surface area contributed by atoms with Crippen LogP contribution in [0.15, 0.2) is 58.2 Å². The Morgan fingerprint density at radius 1 is 1.19 bits per heavy atom. The number of amides is 1. The van der Waals surface area contributed by atoms with Crippen molar-refractivity contribution in [3.63, 3.8) is 0 Å². The molecule has 3 aromatic rings. The maximum absolute atomic E-state index is 13.2. The number of aryl methyl sites for hydroxylation is 1. The highest BCUT2D eigenvalue weighted by Crippen LogP contribution is 2.37. The lowest BCUT2D eigenvalue weighted by atomic mass is 10.2. The molecular weight excluding hydrogens is 358 g/mol. The van der Waals surface area contributed by atoms with Gasteiger partial charge in [-0.25, -0.2) is 4.98 Å². The van der Waals surface area contributed by atoms with Crippen LogP contribution >= 0.6 is 11.8 Å². The van der Waals surface area contributed by atoms with Crippen molar-refractivity contribution in [3.05, 3.63) is 64.7 Å². The summed E-state index contributed by atoms with van der Waals surface area (Å²) in [6.45, 7) is 4.60. The molecule has 0 spiro atoms. The van der Waals surface area contributed by atoms with Crippen LogP contribution in [0.25, 0.3) is 10.9 Å². The Balaban J connectivity index is 1.71. The summed E-state index contributed by atoms with van der Waals surface area (Å²) in [4.78, 5) is 33.5. The number of anilines is 1. The van der Waals surface area contributed by atoms with E-state index in [0.717, 1.165) is 17.0 Å². The number of carbonyl (C=O) groups is 1. The van der Waals surface area contributed by atoms with Gasteiger partial charge in [0.15, 0.2) is 0 Å². The van der Waals surface area contributed by atoms with Gasteiger partial charge in [0.25, 0.3) is 5.56 Å². The molecule has 0 saturated carbocycles. The van der Waals surface area contributed by atoms with E-state index in [4.69, 9.17) is 0 Å². The van der Waals surface area contributed by atoms with E-state index in [2.05, 4.69) is 18.0 Å². The lowest BCUT2D eigenvalue weighted by molar-refractivity contribution is -0.119. The van der Waals surface area contributed by atoms with Crippen molar-refractivity contribution in [1.82, 2.24) is 9.55 Å². The summed E-state index contributed by atoms with van der Waals surface area (Å²) in [5, 5.41) is 0.979. The van der Waals surface area contributed by atoms with Crippen LogP contribution in [-0.4, -0.2) is 27.3 Å². The van der Waals surface area contributed by atoms with Gasteiger partial charge in [-0.05, 0) is 37.6 Å². The predicted octanol–water partition coefficient (Wildman–Crippen LogP) is 3.62. The Labute approximate surface area is 162 Å². The van der Waals surface area contributed by atoms with Crippen LogP contribution in [-0.2, 0) is 11.3 Å². The van der Waals surface area contributed by atoms with E-state index in [1.165, 1.54) is 4.57 Å². The molecule has 6 heteroatoms. The predicted molar refractivity (Wildman–Crippen MR) is 109 cm³/mol. The molecule has 1 atom stereocenters. The number of fused-ring (bicyclic) bond motifs is 2. The fourth-order valence-electron chi connectivity index (χ4n) is 3.43. The molecule has 0 aliphatic carbocycles. The normalized spacial score (nSPS) is 16.8. The van der Waals surface area contributed by atoms with E-state index in [0.29, 0.717) is 28.5 Å². The molecule has 0 unspecified atom stereocenters. The highest BCUT2D eigenvalue weighted by Gasteiger charge is 2.25. The third kappa shape index (κ3) is 3.37. The molecule has 4 rings (SSSR count). The molecule has 0 N–H and O–H groups in total. The van der Waals surface area contributed by atoms with Crippen molar-refractivity contribution < 1.29 is 4.79 Å². The third-order valence-electron chi connectivity index (χ3n) is 4.89. The molecule has 5 nitrogen and oxygen atoms in total. The summed E-state index contributed by atoms with van der Waals surface area (Å²) in [5.74, 6) is 0.470. The van der Waals surface area contributed by atoms with Crippen LogP contribution in [0.3, 0.4) is 0 Å². The van der Waals surface area contributed by atoms with Crippen molar-refractivity contribution in [1.29, 1.82) is 0 Å². The lowest BCUT2D eigenvalue weighted by Gasteiger charge is -2.23. The molecule has 138 valence electrons. The number of benzene rings is 2. The maximum atomic E-state index is 13.2. The van der Waals surface area contributed by atoms with Gasteiger partial charge in [-0.15, -0.1) is 11.8 Å². The number of hydrogen-bond donors (Lipinski definition) is 0. The highest BCUT2D eigenvalue weighted by atomic mass is 32.2. The molecule has 0 saturated heterocycles. The molecule has 1 amide bonds. The molecule has 1 aliphatic heterocycles. The Hall–Kier alpha value is -2.60. The topological polar surface area (TPSA) is 55.2 Å². The van der Waals surface area contributed by atoms with E-state index in [9.17, 15) is 9.59 Å². The molecule has 1 aliphatic rings. The monoisotopic (exact) mass is 379 g/mol. The summed E-state index contributed by atoms with van der Waals surface area (Å²) in [5.41, 5.74) is 1.42. The second-order valence-electron chi connectivity index (χ2n) is 6.80. The Morgan fingerprint density at radius 3 is 2.78 bits per heavy atom. The van der Waals surface area contributed by atoms with Crippen LogP contribution in [0, 0.1) is 6.92 Å². The van der Waals surface area contributed by atoms with Gasteiger partial charge < -0.3 is 4.90 Å². The van der Waals surface area contributed by atoms with Crippen LogP contribution in [0.2, 0.25) is 0 Å². The molecule has 0 radical (unpaired) electrons. The highest BCUT2D eigenvalue weighted by molar-refractivity contribution is 8.00. The third-order valence-corrected chi connectivity index (χ3v) is 6.13. The molecule has 0 bridgehead atoms. The van der Waals surface area contributed by atoms with Crippen LogP contribution < -0.4 is 10.5 Å². The standard InChI is InChI=1S/C21H21N3O2S/c1-14-11-12-23(18-9-5-6-10-19(18)27-14)20(25)13-24-15(2)22-17-8-4-3-7-16(17)21(24)26/h3-10,14H,11-13H2,1-2H3/t14-/m0/s1. The largest absolute Gasteiger partial charge is 0.310 e. The summed E-state index contributed by atoms with van der Waals surface area (Å²) in [6, 6.07) is 15.2. The van der Waals surface area contributed by atoms with E-state index in [1.54, 1.807) is 24.8 Å². The Bertz CT molecular complexity index is 1080. The number of aromatic nitrogens is 2. The molecule has 1 aromatic heterocycles. The number of nitrogens with zero attached hydrogens (tertiary/aromatic N) is 3. The molecule has 27 heavy (non-hydrogen) atoms. The second-order valence-corrected chi connectivity index (χ2v) is 8.28. The zero-order chi connectivity index (χ0) is 19.0. The number of carbonyl (C=O) groups excluding carboxylic acids is 1. The number of hydrogen-bond acceptors (Lipinski definition) is 4. The fraction of sp³-hybridized carbons (Fsp3) is 0.286. The first-order chi connectivity index (χ1) is 13.0.